The molecule has 1 aliphatic heterocycles. The molecule has 0 bridgehead atoms. The first-order valence-corrected chi connectivity index (χ1v) is 10.4. The van der Waals surface area contributed by atoms with Crippen LogP contribution >= 0.6 is 11.8 Å². The van der Waals surface area contributed by atoms with Crippen LogP contribution in [0.25, 0.3) is 0 Å². The molecule has 1 heterocycles. The number of amidine groups is 1. The molecule has 2 aromatic rings. The summed E-state index contributed by atoms with van der Waals surface area (Å²) < 4.78 is 34.8. The van der Waals surface area contributed by atoms with Crippen LogP contribution < -0.4 is 14.2 Å². The molecule has 1 fully saturated rings. The largest absolute Gasteiger partial charge is 0.497 e. The van der Waals surface area contributed by atoms with E-state index in [-0.39, 0.29) is 21.8 Å². The zero-order chi connectivity index (χ0) is 20.1. The Morgan fingerprint density at radius 2 is 1.71 bits per heavy atom. The lowest BCUT2D eigenvalue weighted by atomic mass is 10.2. The van der Waals surface area contributed by atoms with Crippen LogP contribution in [0.2, 0.25) is 0 Å². The van der Waals surface area contributed by atoms with E-state index in [0.29, 0.717) is 16.5 Å². The summed E-state index contributed by atoms with van der Waals surface area (Å²) in [6, 6.07) is 12.2. The topological polar surface area (TPSA) is 106 Å². The molecule has 0 unspecified atom stereocenters. The summed E-state index contributed by atoms with van der Waals surface area (Å²) in [5.74, 6) is 0.626. The number of ether oxygens (including phenoxy) is 1. The van der Waals surface area contributed by atoms with E-state index in [4.69, 9.17) is 8.92 Å². The van der Waals surface area contributed by atoms with E-state index in [9.17, 15) is 13.2 Å². The van der Waals surface area contributed by atoms with Crippen molar-refractivity contribution in [1.29, 1.82) is 0 Å². The van der Waals surface area contributed by atoms with Crippen molar-refractivity contribution in [2.45, 2.75) is 17.1 Å². The number of carbonyl (C=O) groups excluding carboxylic acids is 1. The first-order chi connectivity index (χ1) is 13.4. The standard InChI is InChI=1S/C18H17N3O5S2/c1-12-17(22)20-18(27-12)21-19-11-13-3-5-15(6-4-13)26-28(23,24)16-9-7-14(25-2)8-10-16/h3-12H,1-2H3,(H,20,21,22)/b19-11-/t12-/m1/s1. The lowest BCUT2D eigenvalue weighted by molar-refractivity contribution is -0.118. The molecular formula is C18H17N3O5S2. The van der Waals surface area contributed by atoms with E-state index < -0.39 is 10.1 Å². The second-order valence-electron chi connectivity index (χ2n) is 5.68. The van der Waals surface area contributed by atoms with Gasteiger partial charge in [-0.25, -0.2) is 0 Å². The second kappa shape index (κ2) is 8.44. The number of carbonyl (C=O) groups is 1. The molecule has 1 atom stereocenters. The highest BCUT2D eigenvalue weighted by molar-refractivity contribution is 8.15. The molecule has 0 spiro atoms. The van der Waals surface area contributed by atoms with Gasteiger partial charge in [-0.05, 0) is 61.0 Å². The van der Waals surface area contributed by atoms with Crippen LogP contribution in [-0.2, 0) is 14.9 Å². The van der Waals surface area contributed by atoms with Gasteiger partial charge >= 0.3 is 10.1 Å². The number of amides is 1. The molecule has 0 saturated carbocycles. The summed E-state index contributed by atoms with van der Waals surface area (Å²) in [6.45, 7) is 1.78. The molecule has 0 aromatic heterocycles. The van der Waals surface area contributed by atoms with Crippen LogP contribution in [0.3, 0.4) is 0 Å². The van der Waals surface area contributed by atoms with Gasteiger partial charge in [0.2, 0.25) is 5.91 Å². The Morgan fingerprint density at radius 1 is 1.07 bits per heavy atom. The van der Waals surface area contributed by atoms with Crippen molar-refractivity contribution >= 4 is 39.2 Å². The lowest BCUT2D eigenvalue weighted by Crippen LogP contribution is -2.23. The maximum atomic E-state index is 12.3. The van der Waals surface area contributed by atoms with Crippen LogP contribution in [0.15, 0.2) is 63.6 Å². The third-order valence-corrected chi connectivity index (χ3v) is 5.91. The number of nitrogens with one attached hydrogen (secondary N) is 1. The highest BCUT2D eigenvalue weighted by Gasteiger charge is 2.25. The third-order valence-electron chi connectivity index (χ3n) is 3.68. The Balaban J connectivity index is 1.64. The molecule has 1 N–H and O–H groups in total. The summed E-state index contributed by atoms with van der Waals surface area (Å²) >= 11 is 1.30. The molecule has 0 aliphatic carbocycles. The summed E-state index contributed by atoms with van der Waals surface area (Å²) in [4.78, 5) is 11.4. The molecule has 146 valence electrons. The van der Waals surface area contributed by atoms with Crippen molar-refractivity contribution in [3.8, 4) is 11.5 Å². The average molecular weight is 419 g/mol. The normalized spacial score (nSPS) is 18.4. The molecule has 0 radical (unpaired) electrons. The minimum atomic E-state index is -3.94. The van der Waals surface area contributed by atoms with Gasteiger partial charge in [0.05, 0.1) is 18.6 Å². The quantitative estimate of drug-likeness (QED) is 0.438. The summed E-state index contributed by atoms with van der Waals surface area (Å²) in [7, 11) is -2.44. The van der Waals surface area contributed by atoms with Crippen LogP contribution in [-0.4, -0.2) is 38.1 Å². The Morgan fingerprint density at radius 3 is 2.29 bits per heavy atom. The average Bonchev–Trinajstić information content (AvgIpc) is 3.00. The number of benzene rings is 2. The van der Waals surface area contributed by atoms with Crippen molar-refractivity contribution < 1.29 is 22.1 Å². The maximum Gasteiger partial charge on any atom is 0.339 e. The van der Waals surface area contributed by atoms with Crippen LogP contribution in [0.1, 0.15) is 12.5 Å². The van der Waals surface area contributed by atoms with E-state index >= 15 is 0 Å². The van der Waals surface area contributed by atoms with Gasteiger partial charge in [-0.3, -0.25) is 4.79 Å². The number of methoxy groups -OCH3 is 1. The first kappa shape index (κ1) is 19.9. The fraction of sp³-hybridized carbons (Fsp3) is 0.167. The monoisotopic (exact) mass is 419 g/mol. The van der Waals surface area contributed by atoms with E-state index in [1.165, 1.54) is 49.4 Å². The number of thioether (sulfide) groups is 1. The molecule has 1 saturated heterocycles. The fourth-order valence-corrected chi connectivity index (χ4v) is 3.87. The lowest BCUT2D eigenvalue weighted by Gasteiger charge is -2.07. The third kappa shape index (κ3) is 4.90. The van der Waals surface area contributed by atoms with Crippen LogP contribution in [0, 0.1) is 0 Å². The van der Waals surface area contributed by atoms with Gasteiger partial charge < -0.3 is 14.2 Å². The minimum absolute atomic E-state index is 0.0279. The van der Waals surface area contributed by atoms with Gasteiger partial charge in [0.25, 0.3) is 0 Å². The number of hydrogen-bond donors (Lipinski definition) is 1. The molecule has 3 rings (SSSR count). The van der Waals surface area contributed by atoms with Gasteiger partial charge in [0.1, 0.15) is 16.4 Å². The number of hydrogen-bond acceptors (Lipinski definition) is 8. The Hall–Kier alpha value is -2.85. The number of nitrogens with zero attached hydrogens (tertiary/aromatic N) is 2. The van der Waals surface area contributed by atoms with E-state index in [0.717, 1.165) is 0 Å². The van der Waals surface area contributed by atoms with E-state index in [2.05, 4.69) is 15.5 Å². The predicted octanol–water partition coefficient (Wildman–Crippen LogP) is 2.40. The van der Waals surface area contributed by atoms with Gasteiger partial charge in [-0.15, -0.1) is 5.10 Å². The highest BCUT2D eigenvalue weighted by atomic mass is 32.2. The van der Waals surface area contributed by atoms with Gasteiger partial charge in [-0.2, -0.15) is 13.5 Å². The zero-order valence-electron chi connectivity index (χ0n) is 15.0. The second-order valence-corrected chi connectivity index (χ2v) is 8.56. The molecule has 2 aromatic carbocycles. The summed E-state index contributed by atoms with van der Waals surface area (Å²) in [5.41, 5.74) is 0.695. The van der Waals surface area contributed by atoms with Crippen molar-refractivity contribution in [1.82, 2.24) is 5.32 Å². The Bertz CT molecular complexity index is 1020. The Labute approximate surface area is 166 Å². The maximum absolute atomic E-state index is 12.3. The van der Waals surface area contributed by atoms with Crippen molar-refractivity contribution in [3.63, 3.8) is 0 Å². The Kier molecular flexibility index (Phi) is 6.00. The zero-order valence-corrected chi connectivity index (χ0v) is 16.7. The van der Waals surface area contributed by atoms with Crippen LogP contribution in [0.5, 0.6) is 11.5 Å². The summed E-state index contributed by atoms with van der Waals surface area (Å²) in [5, 5.41) is 10.7. The first-order valence-electron chi connectivity index (χ1n) is 8.14. The SMILES string of the molecule is COc1ccc(S(=O)(=O)Oc2ccc(/C=N\N=C3/NC(=O)[C@@H](C)S3)cc2)cc1. The molecule has 1 aliphatic rings. The number of rotatable bonds is 6. The van der Waals surface area contributed by atoms with E-state index in [1.54, 1.807) is 31.2 Å². The van der Waals surface area contributed by atoms with Crippen molar-refractivity contribution in [2.75, 3.05) is 7.11 Å². The van der Waals surface area contributed by atoms with Gasteiger partial charge in [-0.1, -0.05) is 11.8 Å². The molecule has 28 heavy (non-hydrogen) atoms. The predicted molar refractivity (Wildman–Crippen MR) is 107 cm³/mol. The highest BCUT2D eigenvalue weighted by Crippen LogP contribution is 2.21. The fourth-order valence-electron chi connectivity index (χ4n) is 2.18. The van der Waals surface area contributed by atoms with E-state index in [1.807, 2.05) is 0 Å². The smallest absolute Gasteiger partial charge is 0.339 e. The molecular weight excluding hydrogens is 402 g/mol. The van der Waals surface area contributed by atoms with Crippen molar-refractivity contribution in [2.24, 2.45) is 10.2 Å². The van der Waals surface area contributed by atoms with Crippen molar-refractivity contribution in [3.05, 3.63) is 54.1 Å². The van der Waals surface area contributed by atoms with Gasteiger partial charge in [0, 0.05) is 0 Å². The molecule has 1 amide bonds. The summed E-state index contributed by atoms with van der Waals surface area (Å²) in [6.07, 6.45) is 1.49. The molecule has 8 nitrogen and oxygen atoms in total. The van der Waals surface area contributed by atoms with Gasteiger partial charge in [0.15, 0.2) is 5.17 Å². The molecule has 10 heteroatoms. The minimum Gasteiger partial charge on any atom is -0.497 e. The van der Waals surface area contributed by atoms with Crippen LogP contribution in [0.4, 0.5) is 0 Å².